The number of nitrogens with zero attached hydrogens (tertiary/aromatic N) is 2. The first-order valence-corrected chi connectivity index (χ1v) is 10.0. The van der Waals surface area contributed by atoms with Crippen LogP contribution < -0.4 is 9.47 Å². The van der Waals surface area contributed by atoms with Gasteiger partial charge < -0.3 is 9.47 Å². The van der Waals surface area contributed by atoms with Gasteiger partial charge in [0.15, 0.2) is 0 Å². The zero-order valence-electron chi connectivity index (χ0n) is 15.4. The van der Waals surface area contributed by atoms with Crippen molar-refractivity contribution in [2.75, 3.05) is 0 Å². The van der Waals surface area contributed by atoms with Gasteiger partial charge in [-0.05, 0) is 77.9 Å². The Bertz CT molecular complexity index is 1210. The summed E-state index contributed by atoms with van der Waals surface area (Å²) in [6.45, 7) is 0.517. The molecule has 0 spiro atoms. The molecule has 0 radical (unpaired) electrons. The molecule has 5 rings (SSSR count). The van der Waals surface area contributed by atoms with Crippen molar-refractivity contribution in [3.05, 3.63) is 90.1 Å². The Kier molecular flexibility index (Phi) is 4.68. The zero-order chi connectivity index (χ0) is 19.5. The first-order chi connectivity index (χ1) is 14.3. The molecule has 1 N–H and O–H groups in total. The van der Waals surface area contributed by atoms with Gasteiger partial charge in [-0.3, -0.25) is 5.10 Å². The fraction of sp³-hybridized carbons (Fsp3) is 0.0435. The predicted octanol–water partition coefficient (Wildman–Crippen LogP) is 6.06. The highest BCUT2D eigenvalue weighted by atomic mass is 32.1. The van der Waals surface area contributed by atoms with Crippen LogP contribution in [0.5, 0.6) is 17.2 Å². The van der Waals surface area contributed by atoms with E-state index in [1.54, 1.807) is 17.5 Å². The molecule has 5 nitrogen and oxygen atoms in total. The number of aromatic amines is 1. The molecule has 29 heavy (non-hydrogen) atoms. The van der Waals surface area contributed by atoms with Crippen LogP contribution in [0, 0.1) is 0 Å². The molecule has 6 heteroatoms. The van der Waals surface area contributed by atoms with Crippen LogP contribution in [0.2, 0.25) is 0 Å². The topological polar surface area (TPSA) is 60.0 Å². The molecule has 2 heterocycles. The molecule has 0 aliphatic rings. The van der Waals surface area contributed by atoms with Gasteiger partial charge in [-0.25, -0.2) is 4.98 Å². The Morgan fingerprint density at radius 3 is 2.34 bits per heavy atom. The smallest absolute Gasteiger partial charge is 0.127 e. The van der Waals surface area contributed by atoms with E-state index in [9.17, 15) is 0 Å². The lowest BCUT2D eigenvalue weighted by atomic mass is 10.1. The van der Waals surface area contributed by atoms with Gasteiger partial charge in [0.2, 0.25) is 0 Å². The number of thiazole rings is 1. The van der Waals surface area contributed by atoms with E-state index in [4.69, 9.17) is 9.47 Å². The molecular formula is C23H17N3O2S. The Hall–Kier alpha value is -3.64. The van der Waals surface area contributed by atoms with E-state index in [0.29, 0.717) is 6.61 Å². The number of H-pyrrole nitrogens is 1. The normalized spacial score (nSPS) is 10.9. The summed E-state index contributed by atoms with van der Waals surface area (Å²) in [6, 6.07) is 23.7. The summed E-state index contributed by atoms with van der Waals surface area (Å²) < 4.78 is 13.0. The van der Waals surface area contributed by atoms with E-state index in [2.05, 4.69) is 21.2 Å². The van der Waals surface area contributed by atoms with Gasteiger partial charge in [-0.15, -0.1) is 11.3 Å². The summed E-state index contributed by atoms with van der Waals surface area (Å²) in [5, 5.41) is 6.92. The number of fused-ring (bicyclic) bond motifs is 1. The van der Waals surface area contributed by atoms with Crippen LogP contribution in [0.4, 0.5) is 0 Å². The molecule has 0 amide bonds. The summed E-state index contributed by atoms with van der Waals surface area (Å²) in [5.74, 6) is 2.34. The van der Waals surface area contributed by atoms with Gasteiger partial charge in [0.1, 0.15) is 23.9 Å². The third-order valence-electron chi connectivity index (χ3n) is 4.53. The third-order valence-corrected chi connectivity index (χ3v) is 5.32. The quantitative estimate of drug-likeness (QED) is 0.377. The maximum absolute atomic E-state index is 5.92. The van der Waals surface area contributed by atoms with Crippen molar-refractivity contribution in [2.45, 2.75) is 6.61 Å². The minimum Gasteiger partial charge on any atom is -0.489 e. The number of hydrogen-bond acceptors (Lipinski definition) is 5. The van der Waals surface area contributed by atoms with Crippen molar-refractivity contribution in [2.24, 2.45) is 0 Å². The summed E-state index contributed by atoms with van der Waals surface area (Å²) in [7, 11) is 0. The summed E-state index contributed by atoms with van der Waals surface area (Å²) >= 11 is 1.64. The van der Waals surface area contributed by atoms with Gasteiger partial charge >= 0.3 is 0 Å². The van der Waals surface area contributed by atoms with Gasteiger partial charge in [0, 0.05) is 6.20 Å². The Morgan fingerprint density at radius 2 is 1.59 bits per heavy atom. The Labute approximate surface area is 171 Å². The highest BCUT2D eigenvalue weighted by Gasteiger charge is 2.03. The predicted molar refractivity (Wildman–Crippen MR) is 114 cm³/mol. The first-order valence-electron chi connectivity index (χ1n) is 9.16. The molecular weight excluding hydrogens is 382 g/mol. The number of aromatic nitrogens is 3. The molecule has 0 unspecified atom stereocenters. The van der Waals surface area contributed by atoms with Crippen molar-refractivity contribution < 1.29 is 9.47 Å². The molecule has 0 fully saturated rings. The fourth-order valence-corrected chi connectivity index (χ4v) is 3.76. The van der Waals surface area contributed by atoms with Crippen LogP contribution in [0.1, 0.15) is 5.56 Å². The zero-order valence-corrected chi connectivity index (χ0v) is 16.2. The van der Waals surface area contributed by atoms with Crippen LogP contribution >= 0.6 is 11.3 Å². The van der Waals surface area contributed by atoms with Gasteiger partial charge in [-0.1, -0.05) is 6.07 Å². The van der Waals surface area contributed by atoms with Crippen LogP contribution in [0.25, 0.3) is 21.5 Å². The first kappa shape index (κ1) is 17.5. The minimum atomic E-state index is 0.517. The Morgan fingerprint density at radius 1 is 0.828 bits per heavy atom. The largest absolute Gasteiger partial charge is 0.489 e. The lowest BCUT2D eigenvalue weighted by Gasteiger charge is -2.09. The second kappa shape index (κ2) is 7.77. The maximum atomic E-state index is 5.92. The summed E-state index contributed by atoms with van der Waals surface area (Å²) in [5.41, 5.74) is 6.05. The number of ether oxygens (including phenoxy) is 2. The second-order valence-electron chi connectivity index (χ2n) is 6.51. The molecule has 3 aromatic carbocycles. The molecule has 0 atom stereocenters. The van der Waals surface area contributed by atoms with E-state index in [-0.39, 0.29) is 0 Å². The molecule has 2 aromatic heterocycles. The molecule has 0 bridgehead atoms. The molecule has 0 aliphatic heterocycles. The van der Waals surface area contributed by atoms with E-state index < -0.39 is 0 Å². The standard InChI is InChI=1S/C23H17N3O2S/c1-10-22-23(29-15-24-22)13-16(1)14-27-18-6-8-20(9-7-18)28-19-4-2-17(3-5-19)21-11-12-25-26-21/h1-13,15H,14H2,(H,25,26). The lowest BCUT2D eigenvalue weighted by Crippen LogP contribution is -1.95. The maximum Gasteiger partial charge on any atom is 0.127 e. The molecule has 0 aliphatic carbocycles. The summed E-state index contributed by atoms with van der Waals surface area (Å²) in [6.07, 6.45) is 1.74. The van der Waals surface area contributed by atoms with Crippen LogP contribution in [0.3, 0.4) is 0 Å². The number of hydrogen-bond donors (Lipinski definition) is 1. The fourth-order valence-electron chi connectivity index (χ4n) is 3.02. The third kappa shape index (κ3) is 3.97. The minimum absolute atomic E-state index is 0.517. The lowest BCUT2D eigenvalue weighted by molar-refractivity contribution is 0.306. The highest BCUT2D eigenvalue weighted by molar-refractivity contribution is 7.16. The SMILES string of the molecule is c1cc(-c2ccc(Oc3ccc(OCc4ccc5ncsc5c4)cc3)cc2)[nH]n1. The molecule has 0 saturated heterocycles. The van der Waals surface area contributed by atoms with E-state index in [0.717, 1.165) is 39.6 Å². The highest BCUT2D eigenvalue weighted by Crippen LogP contribution is 2.27. The number of benzene rings is 3. The van der Waals surface area contributed by atoms with Crippen LogP contribution in [-0.2, 0) is 6.61 Å². The van der Waals surface area contributed by atoms with Crippen LogP contribution in [-0.4, -0.2) is 15.2 Å². The molecule has 142 valence electrons. The van der Waals surface area contributed by atoms with Crippen molar-refractivity contribution in [3.8, 4) is 28.5 Å². The van der Waals surface area contributed by atoms with Gasteiger partial charge in [-0.2, -0.15) is 5.10 Å². The molecule has 5 aromatic rings. The van der Waals surface area contributed by atoms with Crippen molar-refractivity contribution in [1.29, 1.82) is 0 Å². The number of nitrogens with one attached hydrogen (secondary N) is 1. The average molecular weight is 399 g/mol. The summed E-state index contributed by atoms with van der Waals surface area (Å²) in [4.78, 5) is 4.30. The monoisotopic (exact) mass is 399 g/mol. The average Bonchev–Trinajstić information content (AvgIpc) is 3.46. The van der Waals surface area contributed by atoms with E-state index in [1.807, 2.05) is 72.2 Å². The van der Waals surface area contributed by atoms with Gasteiger partial charge in [0.05, 0.1) is 21.4 Å². The van der Waals surface area contributed by atoms with Crippen molar-refractivity contribution in [1.82, 2.24) is 15.2 Å². The van der Waals surface area contributed by atoms with E-state index in [1.165, 1.54) is 4.70 Å². The Balaban J connectivity index is 1.20. The van der Waals surface area contributed by atoms with Gasteiger partial charge in [0.25, 0.3) is 0 Å². The van der Waals surface area contributed by atoms with Crippen LogP contribution in [0.15, 0.2) is 84.5 Å². The molecule has 0 saturated carbocycles. The van der Waals surface area contributed by atoms with Crippen molar-refractivity contribution in [3.63, 3.8) is 0 Å². The van der Waals surface area contributed by atoms with E-state index >= 15 is 0 Å². The number of rotatable bonds is 6. The van der Waals surface area contributed by atoms with Crippen molar-refractivity contribution >= 4 is 21.6 Å². The second-order valence-corrected chi connectivity index (χ2v) is 7.40.